The SMILES string of the molecule is CCCCN(CC)C(=O)NC(=O)/C=C/C(=O)O. The summed E-state index contributed by atoms with van der Waals surface area (Å²) in [6, 6.07) is -0.499. The van der Waals surface area contributed by atoms with Crippen molar-refractivity contribution < 1.29 is 19.5 Å². The normalized spacial score (nSPS) is 10.2. The molecule has 0 rings (SSSR count). The number of nitrogens with one attached hydrogen (secondary N) is 1. The first-order valence-corrected chi connectivity index (χ1v) is 5.52. The summed E-state index contributed by atoms with van der Waals surface area (Å²) < 4.78 is 0. The topological polar surface area (TPSA) is 86.7 Å². The molecule has 6 nitrogen and oxygen atoms in total. The van der Waals surface area contributed by atoms with Crippen LogP contribution in [0.1, 0.15) is 26.7 Å². The summed E-state index contributed by atoms with van der Waals surface area (Å²) in [6.07, 6.45) is 3.32. The summed E-state index contributed by atoms with van der Waals surface area (Å²) in [7, 11) is 0. The molecule has 2 N–H and O–H groups in total. The maximum absolute atomic E-state index is 11.5. The molecule has 0 aliphatic carbocycles. The maximum atomic E-state index is 11.5. The molecule has 17 heavy (non-hydrogen) atoms. The standard InChI is InChI=1S/C11H18N2O4/c1-3-5-8-13(4-2)11(17)12-9(14)6-7-10(15)16/h6-7H,3-5,8H2,1-2H3,(H,15,16)(H,12,14,17)/b7-6+. The number of unbranched alkanes of at least 4 members (excludes halogenated alkanes) is 1. The number of urea groups is 1. The van der Waals surface area contributed by atoms with Crippen molar-refractivity contribution in [3.05, 3.63) is 12.2 Å². The second kappa shape index (κ2) is 8.32. The first-order chi connectivity index (χ1) is 8.01. The fraction of sp³-hybridized carbons (Fsp3) is 0.545. The zero-order valence-electron chi connectivity index (χ0n) is 10.1. The third-order valence-corrected chi connectivity index (χ3v) is 2.06. The molecule has 0 saturated heterocycles. The van der Waals surface area contributed by atoms with Crippen molar-refractivity contribution in [3.8, 4) is 0 Å². The molecule has 0 saturated carbocycles. The van der Waals surface area contributed by atoms with E-state index in [0.717, 1.165) is 18.9 Å². The lowest BCUT2D eigenvalue weighted by molar-refractivity contribution is -0.131. The number of hydrogen-bond donors (Lipinski definition) is 2. The van der Waals surface area contributed by atoms with E-state index in [2.05, 4.69) is 5.32 Å². The molecule has 0 aromatic rings. The lowest BCUT2D eigenvalue weighted by atomic mass is 10.3. The van der Waals surface area contributed by atoms with Crippen LogP contribution >= 0.6 is 0 Å². The Hall–Kier alpha value is -1.85. The summed E-state index contributed by atoms with van der Waals surface area (Å²) in [5, 5.41) is 10.4. The van der Waals surface area contributed by atoms with Crippen LogP contribution in [0.5, 0.6) is 0 Å². The van der Waals surface area contributed by atoms with Gasteiger partial charge in [0.15, 0.2) is 0 Å². The van der Waals surface area contributed by atoms with Gasteiger partial charge in [0.25, 0.3) is 5.91 Å². The fourth-order valence-corrected chi connectivity index (χ4v) is 1.13. The van der Waals surface area contributed by atoms with Crippen molar-refractivity contribution in [1.82, 2.24) is 10.2 Å². The number of aliphatic carboxylic acids is 1. The predicted molar refractivity (Wildman–Crippen MR) is 62.5 cm³/mol. The largest absolute Gasteiger partial charge is 0.478 e. The number of carboxylic acids is 1. The van der Waals surface area contributed by atoms with Gasteiger partial charge in [-0.3, -0.25) is 10.1 Å². The molecule has 0 spiro atoms. The van der Waals surface area contributed by atoms with Crippen LogP contribution in [0, 0.1) is 0 Å². The second-order valence-corrected chi connectivity index (χ2v) is 3.40. The van der Waals surface area contributed by atoms with Crippen LogP contribution in [0.15, 0.2) is 12.2 Å². The summed E-state index contributed by atoms with van der Waals surface area (Å²) in [5.41, 5.74) is 0. The quantitative estimate of drug-likeness (QED) is 0.680. The van der Waals surface area contributed by atoms with Crippen LogP contribution in [0.3, 0.4) is 0 Å². The van der Waals surface area contributed by atoms with Crippen molar-refractivity contribution in [2.45, 2.75) is 26.7 Å². The minimum atomic E-state index is -1.23. The molecule has 0 aromatic heterocycles. The Morgan fingerprint density at radius 1 is 1.24 bits per heavy atom. The first kappa shape index (κ1) is 15.2. The lowest BCUT2D eigenvalue weighted by Crippen LogP contribution is -2.42. The number of rotatable bonds is 6. The molecule has 3 amide bonds. The van der Waals surface area contributed by atoms with Crippen molar-refractivity contribution in [2.75, 3.05) is 13.1 Å². The van der Waals surface area contributed by atoms with Gasteiger partial charge >= 0.3 is 12.0 Å². The van der Waals surface area contributed by atoms with Gasteiger partial charge in [-0.25, -0.2) is 9.59 Å². The third kappa shape index (κ3) is 7.10. The van der Waals surface area contributed by atoms with Crippen LogP contribution < -0.4 is 5.32 Å². The molecule has 0 aliphatic rings. The summed E-state index contributed by atoms with van der Waals surface area (Å²) in [6.45, 7) is 4.90. The highest BCUT2D eigenvalue weighted by Gasteiger charge is 2.12. The lowest BCUT2D eigenvalue weighted by Gasteiger charge is -2.19. The number of imide groups is 1. The van der Waals surface area contributed by atoms with Crippen LogP contribution in [-0.2, 0) is 9.59 Å². The van der Waals surface area contributed by atoms with Crippen molar-refractivity contribution in [3.63, 3.8) is 0 Å². The van der Waals surface area contributed by atoms with Gasteiger partial charge in [0.2, 0.25) is 0 Å². The average Bonchev–Trinajstić information content (AvgIpc) is 2.27. The second-order valence-electron chi connectivity index (χ2n) is 3.40. The fourth-order valence-electron chi connectivity index (χ4n) is 1.13. The van der Waals surface area contributed by atoms with Gasteiger partial charge in [-0.2, -0.15) is 0 Å². The van der Waals surface area contributed by atoms with E-state index in [9.17, 15) is 14.4 Å². The highest BCUT2D eigenvalue weighted by Crippen LogP contribution is 1.95. The zero-order chi connectivity index (χ0) is 13.3. The van der Waals surface area contributed by atoms with Crippen molar-refractivity contribution >= 4 is 17.9 Å². The molecule has 0 bridgehead atoms. The van der Waals surface area contributed by atoms with Gasteiger partial charge < -0.3 is 10.0 Å². The van der Waals surface area contributed by atoms with E-state index >= 15 is 0 Å². The summed E-state index contributed by atoms with van der Waals surface area (Å²) >= 11 is 0. The minimum absolute atomic E-state index is 0.499. The molecular formula is C11H18N2O4. The molecule has 96 valence electrons. The Labute approximate surface area is 100 Å². The summed E-state index contributed by atoms with van der Waals surface area (Å²) in [5.74, 6) is -1.96. The Balaban J connectivity index is 4.21. The molecule has 0 radical (unpaired) electrons. The number of hydrogen-bond acceptors (Lipinski definition) is 3. The smallest absolute Gasteiger partial charge is 0.328 e. The van der Waals surface area contributed by atoms with Gasteiger partial charge in [-0.1, -0.05) is 13.3 Å². The maximum Gasteiger partial charge on any atom is 0.328 e. The van der Waals surface area contributed by atoms with E-state index in [1.807, 2.05) is 13.8 Å². The van der Waals surface area contributed by atoms with E-state index in [1.54, 1.807) is 0 Å². The number of carboxylic acid groups (broad SMARTS) is 1. The molecule has 0 atom stereocenters. The number of carbonyl (C=O) groups is 3. The van der Waals surface area contributed by atoms with Crippen LogP contribution in [0.4, 0.5) is 4.79 Å². The van der Waals surface area contributed by atoms with Gasteiger partial charge in [-0.05, 0) is 13.3 Å². The Kier molecular flexibility index (Phi) is 7.41. The molecule has 6 heteroatoms. The molecular weight excluding hydrogens is 224 g/mol. The van der Waals surface area contributed by atoms with Gasteiger partial charge in [-0.15, -0.1) is 0 Å². The monoisotopic (exact) mass is 242 g/mol. The molecule has 0 aliphatic heterocycles. The van der Waals surface area contributed by atoms with E-state index in [1.165, 1.54) is 4.90 Å². The van der Waals surface area contributed by atoms with Gasteiger partial charge in [0, 0.05) is 25.2 Å². The third-order valence-electron chi connectivity index (χ3n) is 2.06. The minimum Gasteiger partial charge on any atom is -0.478 e. The van der Waals surface area contributed by atoms with E-state index < -0.39 is 17.9 Å². The molecule has 0 fully saturated rings. The summed E-state index contributed by atoms with van der Waals surface area (Å²) in [4.78, 5) is 34.3. The van der Waals surface area contributed by atoms with Crippen LogP contribution in [0.2, 0.25) is 0 Å². The Morgan fingerprint density at radius 3 is 2.35 bits per heavy atom. The average molecular weight is 242 g/mol. The van der Waals surface area contributed by atoms with E-state index in [4.69, 9.17) is 5.11 Å². The van der Waals surface area contributed by atoms with Gasteiger partial charge in [0.1, 0.15) is 0 Å². The van der Waals surface area contributed by atoms with Crippen LogP contribution in [0.25, 0.3) is 0 Å². The van der Waals surface area contributed by atoms with E-state index in [-0.39, 0.29) is 0 Å². The van der Waals surface area contributed by atoms with Crippen LogP contribution in [-0.4, -0.2) is 41.0 Å². The molecule has 0 unspecified atom stereocenters. The highest BCUT2D eigenvalue weighted by molar-refractivity contribution is 6.02. The zero-order valence-corrected chi connectivity index (χ0v) is 10.1. The number of amides is 3. The van der Waals surface area contributed by atoms with E-state index in [0.29, 0.717) is 19.2 Å². The van der Waals surface area contributed by atoms with Crippen molar-refractivity contribution in [2.24, 2.45) is 0 Å². The Bertz CT molecular complexity index is 313. The number of carbonyl (C=O) groups excluding carboxylic acids is 2. The molecule has 0 heterocycles. The predicted octanol–water partition coefficient (Wildman–Crippen LogP) is 0.985. The number of nitrogens with zero attached hydrogens (tertiary/aromatic N) is 1. The molecule has 0 aromatic carbocycles. The van der Waals surface area contributed by atoms with Crippen molar-refractivity contribution in [1.29, 1.82) is 0 Å². The first-order valence-electron chi connectivity index (χ1n) is 5.52. The Morgan fingerprint density at radius 2 is 1.88 bits per heavy atom. The highest BCUT2D eigenvalue weighted by atomic mass is 16.4. The van der Waals surface area contributed by atoms with Gasteiger partial charge in [0.05, 0.1) is 0 Å².